The number of unbranched alkanes of at least 4 members (excludes halogenated alkanes) is 34. The third-order valence-electron chi connectivity index (χ3n) is 16.4. The lowest BCUT2D eigenvalue weighted by Crippen LogP contribution is -2.65. The molecular weight excluding hydrogens is 1050 g/mol. The van der Waals surface area contributed by atoms with Crippen molar-refractivity contribution in [2.24, 2.45) is 0 Å². The lowest BCUT2D eigenvalue weighted by Gasteiger charge is -2.46. The van der Waals surface area contributed by atoms with E-state index in [2.05, 4.69) is 67.8 Å². The minimum atomic E-state index is -1.79. The van der Waals surface area contributed by atoms with Crippen molar-refractivity contribution in [1.82, 2.24) is 5.32 Å². The fraction of sp³-hybridized carbons (Fsp3) is 0.841. The zero-order valence-corrected chi connectivity index (χ0v) is 52.4. The van der Waals surface area contributed by atoms with Crippen molar-refractivity contribution in [3.05, 3.63) is 60.8 Å². The molecule has 484 valence electrons. The van der Waals surface area contributed by atoms with E-state index >= 15 is 0 Å². The minimum Gasteiger partial charge on any atom is -0.394 e. The standard InChI is InChI=1S/C69H125NO13/c1-3-5-7-9-11-13-15-17-19-21-23-25-27-29-31-33-35-37-39-41-43-45-47-49-51-53-61(74)70-57(56-80-68-66(79)64(77)67(60(55-72)82-68)83-69-65(78)63(76)62(75)59(54-71)81-69)58(73)52-50-48-46-44-42-40-38-36-34-32-30-28-26-24-22-20-18-16-14-12-10-8-6-4-2/h15,17,21,23,34,36,42,44,50,52,57-60,62-69,71-73,75-79H,3-14,16,18-20,22,24-33,35,37-41,43,45-49,51,53-56H2,1-2H3,(H,70,74)/b17-15-,23-21-,36-34+,44-42+,52-50+. The molecule has 83 heavy (non-hydrogen) atoms. The van der Waals surface area contributed by atoms with Gasteiger partial charge in [-0.1, -0.05) is 254 Å². The Balaban J connectivity index is 1.73. The summed E-state index contributed by atoms with van der Waals surface area (Å²) in [5.41, 5.74) is 0. The average Bonchev–Trinajstić information content (AvgIpc) is 3.65. The number of amides is 1. The third kappa shape index (κ3) is 38.6. The highest BCUT2D eigenvalue weighted by Crippen LogP contribution is 2.30. The van der Waals surface area contributed by atoms with Gasteiger partial charge in [-0.3, -0.25) is 4.79 Å². The van der Waals surface area contributed by atoms with Crippen LogP contribution in [0.3, 0.4) is 0 Å². The Kier molecular flexibility index (Phi) is 49.9. The Morgan fingerprint density at radius 1 is 0.434 bits per heavy atom. The highest BCUT2D eigenvalue weighted by atomic mass is 16.7. The quantitative estimate of drug-likeness (QED) is 0.0204. The van der Waals surface area contributed by atoms with Crippen molar-refractivity contribution in [1.29, 1.82) is 0 Å². The zero-order valence-electron chi connectivity index (χ0n) is 52.4. The lowest BCUT2D eigenvalue weighted by atomic mass is 9.97. The molecule has 0 aromatic carbocycles. The summed E-state index contributed by atoms with van der Waals surface area (Å²) in [4.78, 5) is 13.3. The molecule has 12 unspecified atom stereocenters. The first-order chi connectivity index (χ1) is 40.6. The summed E-state index contributed by atoms with van der Waals surface area (Å²) < 4.78 is 22.8. The minimum absolute atomic E-state index is 0.253. The summed E-state index contributed by atoms with van der Waals surface area (Å²) in [5, 5.41) is 87.3. The fourth-order valence-corrected chi connectivity index (χ4v) is 10.9. The van der Waals surface area contributed by atoms with Gasteiger partial charge in [0.25, 0.3) is 0 Å². The van der Waals surface area contributed by atoms with Gasteiger partial charge in [-0.2, -0.15) is 0 Å². The molecule has 2 fully saturated rings. The first kappa shape index (κ1) is 76.8. The Hall–Kier alpha value is -2.31. The van der Waals surface area contributed by atoms with Crippen LogP contribution in [0.2, 0.25) is 0 Å². The van der Waals surface area contributed by atoms with E-state index < -0.39 is 86.8 Å². The number of nitrogens with one attached hydrogen (secondary N) is 1. The molecule has 0 aromatic rings. The van der Waals surface area contributed by atoms with Crippen molar-refractivity contribution in [2.45, 2.75) is 351 Å². The van der Waals surface area contributed by atoms with E-state index in [1.807, 2.05) is 6.08 Å². The Morgan fingerprint density at radius 2 is 0.807 bits per heavy atom. The first-order valence-corrected chi connectivity index (χ1v) is 34.0. The molecule has 14 nitrogen and oxygen atoms in total. The van der Waals surface area contributed by atoms with E-state index in [4.69, 9.17) is 18.9 Å². The van der Waals surface area contributed by atoms with Crippen LogP contribution in [0.15, 0.2) is 60.8 Å². The predicted octanol–water partition coefficient (Wildman–Crippen LogP) is 13.3. The second kappa shape index (κ2) is 53.9. The molecule has 1 amide bonds. The molecule has 0 saturated carbocycles. The van der Waals surface area contributed by atoms with Gasteiger partial charge in [0.15, 0.2) is 12.6 Å². The molecule has 2 aliphatic heterocycles. The summed E-state index contributed by atoms with van der Waals surface area (Å²) in [6, 6.07) is -0.941. The Labute approximate surface area is 505 Å². The van der Waals surface area contributed by atoms with Gasteiger partial charge in [-0.25, -0.2) is 0 Å². The summed E-state index contributed by atoms with van der Waals surface area (Å²) >= 11 is 0. The van der Waals surface area contributed by atoms with Gasteiger partial charge in [-0.05, 0) is 77.0 Å². The largest absolute Gasteiger partial charge is 0.394 e. The third-order valence-corrected chi connectivity index (χ3v) is 16.4. The molecule has 9 N–H and O–H groups in total. The number of carbonyl (C=O) groups excluding carboxylic acids is 1. The smallest absolute Gasteiger partial charge is 0.220 e. The maximum atomic E-state index is 13.3. The van der Waals surface area contributed by atoms with Crippen LogP contribution in [0.5, 0.6) is 0 Å². The van der Waals surface area contributed by atoms with Gasteiger partial charge in [-0.15, -0.1) is 0 Å². The van der Waals surface area contributed by atoms with Crippen LogP contribution in [0.4, 0.5) is 0 Å². The molecule has 2 saturated heterocycles. The van der Waals surface area contributed by atoms with E-state index in [9.17, 15) is 45.6 Å². The summed E-state index contributed by atoms with van der Waals surface area (Å²) in [7, 11) is 0. The number of aliphatic hydroxyl groups excluding tert-OH is 8. The van der Waals surface area contributed by atoms with Gasteiger partial charge in [0.1, 0.15) is 48.8 Å². The predicted molar refractivity (Wildman–Crippen MR) is 337 cm³/mol. The number of carbonyl (C=O) groups is 1. The van der Waals surface area contributed by atoms with Gasteiger partial charge in [0.05, 0.1) is 32.0 Å². The van der Waals surface area contributed by atoms with Crippen LogP contribution in [-0.2, 0) is 23.7 Å². The summed E-state index contributed by atoms with van der Waals surface area (Å²) in [6.07, 6.45) is 54.1. The van der Waals surface area contributed by atoms with Crippen molar-refractivity contribution >= 4 is 5.91 Å². The van der Waals surface area contributed by atoms with Crippen LogP contribution < -0.4 is 5.32 Å². The van der Waals surface area contributed by atoms with E-state index in [0.29, 0.717) is 12.8 Å². The van der Waals surface area contributed by atoms with Gasteiger partial charge < -0.3 is 65.1 Å². The molecule has 0 radical (unpaired) electrons. The molecule has 0 aliphatic carbocycles. The van der Waals surface area contributed by atoms with Crippen molar-refractivity contribution in [3.8, 4) is 0 Å². The summed E-state index contributed by atoms with van der Waals surface area (Å²) in [6.45, 7) is 2.79. The van der Waals surface area contributed by atoms with Crippen molar-refractivity contribution < 1.29 is 64.6 Å². The van der Waals surface area contributed by atoms with E-state index in [1.54, 1.807) is 6.08 Å². The van der Waals surface area contributed by atoms with E-state index in [-0.39, 0.29) is 18.9 Å². The molecular formula is C69H125NO13. The van der Waals surface area contributed by atoms with Crippen LogP contribution in [0.1, 0.15) is 277 Å². The lowest BCUT2D eigenvalue weighted by molar-refractivity contribution is -0.359. The number of rotatable bonds is 55. The van der Waals surface area contributed by atoms with Crippen LogP contribution in [-0.4, -0.2) is 140 Å². The maximum Gasteiger partial charge on any atom is 0.220 e. The first-order valence-electron chi connectivity index (χ1n) is 34.0. The zero-order chi connectivity index (χ0) is 60.2. The molecule has 0 spiro atoms. The normalized spacial score (nSPS) is 24.2. The van der Waals surface area contributed by atoms with Crippen molar-refractivity contribution in [3.63, 3.8) is 0 Å². The number of hydrogen-bond acceptors (Lipinski definition) is 13. The molecule has 12 atom stereocenters. The molecule has 2 heterocycles. The van der Waals surface area contributed by atoms with Gasteiger partial charge >= 0.3 is 0 Å². The SMILES string of the molecule is CCCCCCC/C=C\C/C=C\CCCCCCCCCCCCCCCC(=O)NC(COC1OC(CO)C(OC2OC(CO)C(O)C(O)C2O)C(O)C1O)C(O)/C=C/CC/C=C/CC/C=C/CCCCCCCCCCCCCCCC. The second-order valence-electron chi connectivity index (χ2n) is 23.9. The molecule has 0 aromatic heterocycles. The Bertz CT molecular complexity index is 1620. The fourth-order valence-electron chi connectivity index (χ4n) is 10.9. The second-order valence-corrected chi connectivity index (χ2v) is 23.9. The van der Waals surface area contributed by atoms with E-state index in [1.165, 1.54) is 193 Å². The van der Waals surface area contributed by atoms with Gasteiger partial charge in [0, 0.05) is 6.42 Å². The number of hydrogen-bond donors (Lipinski definition) is 9. The molecule has 14 heteroatoms. The van der Waals surface area contributed by atoms with Crippen LogP contribution >= 0.6 is 0 Å². The van der Waals surface area contributed by atoms with Crippen LogP contribution in [0, 0.1) is 0 Å². The Morgan fingerprint density at radius 3 is 1.25 bits per heavy atom. The number of aliphatic hydroxyl groups is 8. The molecule has 2 aliphatic rings. The average molecular weight is 1180 g/mol. The maximum absolute atomic E-state index is 13.3. The molecule has 0 bridgehead atoms. The highest BCUT2D eigenvalue weighted by Gasteiger charge is 2.51. The highest BCUT2D eigenvalue weighted by molar-refractivity contribution is 5.76. The summed E-state index contributed by atoms with van der Waals surface area (Å²) in [5.74, 6) is -0.253. The van der Waals surface area contributed by atoms with Crippen LogP contribution in [0.25, 0.3) is 0 Å². The molecule has 2 rings (SSSR count). The number of allylic oxidation sites excluding steroid dienone is 9. The van der Waals surface area contributed by atoms with Crippen molar-refractivity contribution in [2.75, 3.05) is 19.8 Å². The van der Waals surface area contributed by atoms with E-state index in [0.717, 1.165) is 51.4 Å². The van der Waals surface area contributed by atoms with Gasteiger partial charge in [0.2, 0.25) is 5.91 Å². The topological polar surface area (TPSA) is 228 Å². The number of ether oxygens (including phenoxy) is 4. The monoisotopic (exact) mass is 1180 g/mol.